The minimum Gasteiger partial charge on any atom is -0.486 e. The number of nitrogens with one attached hydrogen (secondary N) is 2. The van der Waals surface area contributed by atoms with E-state index in [-0.39, 0.29) is 11.8 Å². The van der Waals surface area contributed by atoms with Gasteiger partial charge in [-0.15, -0.1) is 17.9 Å². The summed E-state index contributed by atoms with van der Waals surface area (Å²) < 4.78 is 11.2. The molecular formula is C23H20N2O4S. The molecule has 0 spiro atoms. The van der Waals surface area contributed by atoms with Gasteiger partial charge in [-0.05, 0) is 48.0 Å². The van der Waals surface area contributed by atoms with Crippen LogP contribution in [0.2, 0.25) is 0 Å². The van der Waals surface area contributed by atoms with Gasteiger partial charge in [0.15, 0.2) is 11.5 Å². The maximum atomic E-state index is 12.8. The van der Waals surface area contributed by atoms with Gasteiger partial charge in [0, 0.05) is 11.4 Å². The summed E-state index contributed by atoms with van der Waals surface area (Å²) in [5.74, 6) is 0.894. The fourth-order valence-electron chi connectivity index (χ4n) is 3.05. The first-order valence-corrected chi connectivity index (χ1v) is 10.3. The van der Waals surface area contributed by atoms with E-state index in [1.807, 2.05) is 24.3 Å². The summed E-state index contributed by atoms with van der Waals surface area (Å²) in [6, 6.07) is 16.3. The maximum Gasteiger partial charge on any atom is 0.265 e. The SMILES string of the molecule is C=CCNC(=O)c1ccccc1NC(=O)c1ccc(-c2ccc3c(c2)OCCO3)s1. The second kappa shape index (κ2) is 8.84. The number of hydrogen-bond acceptors (Lipinski definition) is 5. The lowest BCUT2D eigenvalue weighted by Gasteiger charge is -2.18. The van der Waals surface area contributed by atoms with Crippen LogP contribution in [0.3, 0.4) is 0 Å². The summed E-state index contributed by atoms with van der Waals surface area (Å²) in [5, 5.41) is 5.56. The summed E-state index contributed by atoms with van der Waals surface area (Å²) in [5.41, 5.74) is 1.81. The number of thiophene rings is 1. The lowest BCUT2D eigenvalue weighted by atomic mass is 10.1. The molecule has 0 saturated carbocycles. The summed E-state index contributed by atoms with van der Waals surface area (Å²) >= 11 is 1.37. The first-order valence-electron chi connectivity index (χ1n) is 9.45. The first kappa shape index (κ1) is 19.7. The molecule has 7 heteroatoms. The number of fused-ring (bicyclic) bond motifs is 1. The molecule has 1 aliphatic heterocycles. The molecule has 0 atom stereocenters. The van der Waals surface area contributed by atoms with Gasteiger partial charge in [-0.1, -0.05) is 18.2 Å². The smallest absolute Gasteiger partial charge is 0.265 e. The fraction of sp³-hybridized carbons (Fsp3) is 0.130. The monoisotopic (exact) mass is 420 g/mol. The van der Waals surface area contributed by atoms with Gasteiger partial charge in [-0.2, -0.15) is 0 Å². The van der Waals surface area contributed by atoms with E-state index in [4.69, 9.17) is 9.47 Å². The van der Waals surface area contributed by atoms with Crippen molar-refractivity contribution in [3.8, 4) is 21.9 Å². The van der Waals surface area contributed by atoms with E-state index in [1.165, 1.54) is 11.3 Å². The molecule has 1 aliphatic rings. The average Bonchev–Trinajstić information content (AvgIpc) is 3.28. The Morgan fingerprint density at radius 1 is 1.00 bits per heavy atom. The Morgan fingerprint density at radius 2 is 1.80 bits per heavy atom. The molecule has 2 N–H and O–H groups in total. The van der Waals surface area contributed by atoms with Gasteiger partial charge >= 0.3 is 0 Å². The van der Waals surface area contributed by atoms with E-state index < -0.39 is 0 Å². The van der Waals surface area contributed by atoms with Crippen molar-refractivity contribution in [1.82, 2.24) is 5.32 Å². The quantitative estimate of drug-likeness (QED) is 0.581. The van der Waals surface area contributed by atoms with Gasteiger partial charge in [-0.25, -0.2) is 0 Å². The van der Waals surface area contributed by atoms with Crippen LogP contribution in [0.4, 0.5) is 5.69 Å². The minimum atomic E-state index is -0.271. The van der Waals surface area contributed by atoms with Crippen molar-refractivity contribution in [2.24, 2.45) is 0 Å². The molecule has 4 rings (SSSR count). The molecule has 3 aromatic rings. The Bertz CT molecular complexity index is 1110. The molecule has 30 heavy (non-hydrogen) atoms. The molecule has 152 valence electrons. The van der Waals surface area contributed by atoms with E-state index in [1.54, 1.807) is 36.4 Å². The average molecular weight is 420 g/mol. The third-order valence-electron chi connectivity index (χ3n) is 4.48. The maximum absolute atomic E-state index is 12.8. The van der Waals surface area contributed by atoms with Gasteiger partial charge in [0.25, 0.3) is 11.8 Å². The Balaban J connectivity index is 1.52. The molecule has 0 aliphatic carbocycles. The van der Waals surface area contributed by atoms with Gasteiger partial charge in [0.1, 0.15) is 13.2 Å². The van der Waals surface area contributed by atoms with Gasteiger partial charge in [-0.3, -0.25) is 9.59 Å². The highest BCUT2D eigenvalue weighted by Gasteiger charge is 2.17. The largest absolute Gasteiger partial charge is 0.486 e. The molecule has 1 aromatic heterocycles. The number of benzene rings is 2. The van der Waals surface area contributed by atoms with Crippen molar-refractivity contribution in [2.75, 3.05) is 25.1 Å². The number of para-hydroxylation sites is 1. The molecule has 0 unspecified atom stereocenters. The number of carbonyl (C=O) groups excluding carboxylic acids is 2. The van der Waals surface area contributed by atoms with Crippen molar-refractivity contribution < 1.29 is 19.1 Å². The summed E-state index contributed by atoms with van der Waals surface area (Å²) in [4.78, 5) is 26.6. The van der Waals surface area contributed by atoms with Gasteiger partial charge in [0.2, 0.25) is 0 Å². The standard InChI is InChI=1S/C23H20N2O4S/c1-2-11-24-22(26)16-5-3-4-6-17(16)25-23(27)21-10-9-20(30-21)15-7-8-18-19(14-15)29-13-12-28-18/h2-10,14H,1,11-13H2,(H,24,26)(H,25,27). The lowest BCUT2D eigenvalue weighted by Crippen LogP contribution is -2.25. The molecule has 0 saturated heterocycles. The van der Waals surface area contributed by atoms with E-state index in [0.717, 1.165) is 16.2 Å². The van der Waals surface area contributed by atoms with E-state index in [9.17, 15) is 9.59 Å². The van der Waals surface area contributed by atoms with Crippen LogP contribution in [-0.2, 0) is 0 Å². The van der Waals surface area contributed by atoms with Crippen LogP contribution in [0, 0.1) is 0 Å². The molecular weight excluding hydrogens is 400 g/mol. The summed E-state index contributed by atoms with van der Waals surface area (Å²) in [6.45, 7) is 5.01. The minimum absolute atomic E-state index is 0.269. The number of anilines is 1. The highest BCUT2D eigenvalue weighted by molar-refractivity contribution is 7.17. The highest BCUT2D eigenvalue weighted by Crippen LogP contribution is 2.37. The predicted octanol–water partition coefficient (Wildman–Crippen LogP) is 4.35. The Morgan fingerprint density at radius 3 is 2.63 bits per heavy atom. The number of hydrogen-bond donors (Lipinski definition) is 2. The van der Waals surface area contributed by atoms with Crippen molar-refractivity contribution >= 4 is 28.8 Å². The highest BCUT2D eigenvalue weighted by atomic mass is 32.1. The van der Waals surface area contributed by atoms with Crippen molar-refractivity contribution in [3.05, 3.63) is 77.7 Å². The van der Waals surface area contributed by atoms with Crippen LogP contribution in [0.25, 0.3) is 10.4 Å². The topological polar surface area (TPSA) is 76.7 Å². The van der Waals surface area contributed by atoms with Crippen molar-refractivity contribution in [1.29, 1.82) is 0 Å². The zero-order valence-electron chi connectivity index (χ0n) is 16.1. The van der Waals surface area contributed by atoms with Crippen LogP contribution in [0.5, 0.6) is 11.5 Å². The number of ether oxygens (including phenoxy) is 2. The summed E-state index contributed by atoms with van der Waals surface area (Å²) in [6.07, 6.45) is 1.60. The Kier molecular flexibility index (Phi) is 5.81. The van der Waals surface area contributed by atoms with Gasteiger partial charge < -0.3 is 20.1 Å². The van der Waals surface area contributed by atoms with Crippen LogP contribution in [0.15, 0.2) is 67.3 Å². The van der Waals surface area contributed by atoms with Crippen LogP contribution >= 0.6 is 11.3 Å². The fourth-order valence-corrected chi connectivity index (χ4v) is 3.94. The normalized spacial score (nSPS) is 12.1. The molecule has 2 amide bonds. The number of amides is 2. The summed E-state index contributed by atoms with van der Waals surface area (Å²) in [7, 11) is 0. The predicted molar refractivity (Wildman–Crippen MR) is 118 cm³/mol. The zero-order chi connectivity index (χ0) is 20.9. The van der Waals surface area contributed by atoms with Crippen molar-refractivity contribution in [2.45, 2.75) is 0 Å². The molecule has 2 heterocycles. The molecule has 6 nitrogen and oxygen atoms in total. The number of carbonyl (C=O) groups is 2. The third kappa shape index (κ3) is 4.21. The van der Waals surface area contributed by atoms with E-state index in [2.05, 4.69) is 17.2 Å². The van der Waals surface area contributed by atoms with E-state index >= 15 is 0 Å². The first-order chi connectivity index (χ1) is 14.7. The Hall–Kier alpha value is -3.58. The van der Waals surface area contributed by atoms with E-state index in [0.29, 0.717) is 41.6 Å². The second-order valence-electron chi connectivity index (χ2n) is 6.52. The molecule has 0 fully saturated rings. The zero-order valence-corrected chi connectivity index (χ0v) is 17.0. The van der Waals surface area contributed by atoms with Crippen LogP contribution in [-0.4, -0.2) is 31.6 Å². The van der Waals surface area contributed by atoms with Crippen molar-refractivity contribution in [3.63, 3.8) is 0 Å². The lowest BCUT2D eigenvalue weighted by molar-refractivity contribution is 0.0959. The van der Waals surface area contributed by atoms with Crippen LogP contribution in [0.1, 0.15) is 20.0 Å². The Labute approximate surface area is 178 Å². The second-order valence-corrected chi connectivity index (χ2v) is 7.60. The molecule has 0 bridgehead atoms. The number of rotatable bonds is 6. The molecule has 2 aromatic carbocycles. The van der Waals surface area contributed by atoms with Crippen LogP contribution < -0.4 is 20.1 Å². The third-order valence-corrected chi connectivity index (χ3v) is 5.62. The van der Waals surface area contributed by atoms with Gasteiger partial charge in [0.05, 0.1) is 16.1 Å². The molecule has 0 radical (unpaired) electrons.